The summed E-state index contributed by atoms with van der Waals surface area (Å²) in [5.41, 5.74) is 1.03. The fourth-order valence-electron chi connectivity index (χ4n) is 4.12. The van der Waals surface area contributed by atoms with Crippen molar-refractivity contribution in [2.45, 2.75) is 12.8 Å². The highest BCUT2D eigenvalue weighted by atomic mass is 32.1. The van der Waals surface area contributed by atoms with Gasteiger partial charge in [0.15, 0.2) is 5.82 Å². The van der Waals surface area contributed by atoms with Crippen molar-refractivity contribution in [2.75, 3.05) is 19.6 Å². The first kappa shape index (κ1) is 22.9. The van der Waals surface area contributed by atoms with Gasteiger partial charge in [-0.05, 0) is 48.4 Å². The van der Waals surface area contributed by atoms with Crippen molar-refractivity contribution in [1.29, 1.82) is 0 Å². The zero-order chi connectivity index (χ0) is 24.4. The Morgan fingerprint density at radius 1 is 1.20 bits per heavy atom. The highest BCUT2D eigenvalue weighted by Gasteiger charge is 2.28. The first-order valence-corrected chi connectivity index (χ1v) is 12.2. The van der Waals surface area contributed by atoms with Crippen LogP contribution in [-0.4, -0.2) is 60.9 Å². The van der Waals surface area contributed by atoms with Crippen molar-refractivity contribution in [1.82, 2.24) is 34.8 Å². The molecule has 3 aromatic heterocycles. The number of thiophene rings is 1. The normalized spacial score (nSPS) is 14.3. The second kappa shape index (κ2) is 9.79. The maximum Gasteiger partial charge on any atom is 0.293 e. The predicted octanol–water partition coefficient (Wildman–Crippen LogP) is 3.15. The molecule has 35 heavy (non-hydrogen) atoms. The largest absolute Gasteiger partial charge is 0.352 e. The average molecular weight is 494 g/mol. The quantitative estimate of drug-likeness (QED) is 0.445. The van der Waals surface area contributed by atoms with Gasteiger partial charge in [-0.15, -0.1) is 16.4 Å². The van der Waals surface area contributed by atoms with E-state index >= 15 is 0 Å². The van der Waals surface area contributed by atoms with Crippen molar-refractivity contribution in [3.63, 3.8) is 0 Å². The third kappa shape index (κ3) is 4.99. The van der Waals surface area contributed by atoms with Crippen LogP contribution in [0.1, 0.15) is 33.8 Å². The number of nitrogens with one attached hydrogen (secondary N) is 1. The molecular formula is C24H24FN7O2S. The van der Waals surface area contributed by atoms with Crippen molar-refractivity contribution in [2.24, 2.45) is 13.0 Å². The van der Waals surface area contributed by atoms with Gasteiger partial charge in [-0.3, -0.25) is 14.3 Å². The Balaban J connectivity index is 1.25. The van der Waals surface area contributed by atoms with E-state index in [4.69, 9.17) is 0 Å². The lowest BCUT2D eigenvalue weighted by molar-refractivity contribution is 0.0672. The van der Waals surface area contributed by atoms with E-state index in [1.165, 1.54) is 34.3 Å². The third-order valence-corrected chi connectivity index (χ3v) is 6.88. The van der Waals surface area contributed by atoms with Gasteiger partial charge < -0.3 is 10.2 Å². The number of aryl methyl sites for hydroxylation is 1. The lowest BCUT2D eigenvalue weighted by Gasteiger charge is -2.31. The average Bonchev–Trinajstić information content (AvgIpc) is 3.63. The van der Waals surface area contributed by atoms with Crippen LogP contribution in [0.15, 0.2) is 54.2 Å². The minimum atomic E-state index is -0.388. The molecule has 0 spiro atoms. The van der Waals surface area contributed by atoms with E-state index in [9.17, 15) is 14.0 Å². The van der Waals surface area contributed by atoms with Crippen molar-refractivity contribution < 1.29 is 14.0 Å². The van der Waals surface area contributed by atoms with Crippen LogP contribution in [0.2, 0.25) is 0 Å². The second-order valence-corrected chi connectivity index (χ2v) is 9.42. The maximum atomic E-state index is 13.9. The highest BCUT2D eigenvalue weighted by molar-refractivity contribution is 7.13. The zero-order valence-corrected chi connectivity index (χ0v) is 19.9. The summed E-state index contributed by atoms with van der Waals surface area (Å²) in [5.74, 6) is 0.0726. The van der Waals surface area contributed by atoms with E-state index in [-0.39, 0.29) is 29.4 Å². The van der Waals surface area contributed by atoms with Gasteiger partial charge in [-0.1, -0.05) is 12.1 Å². The first-order valence-electron chi connectivity index (χ1n) is 11.3. The summed E-state index contributed by atoms with van der Waals surface area (Å²) in [6.07, 6.45) is 4.75. The smallest absolute Gasteiger partial charge is 0.293 e. The van der Waals surface area contributed by atoms with Gasteiger partial charge in [0.05, 0.1) is 22.3 Å². The van der Waals surface area contributed by atoms with Crippen LogP contribution in [0.4, 0.5) is 4.39 Å². The third-order valence-electron chi connectivity index (χ3n) is 6.01. The van der Waals surface area contributed by atoms with E-state index in [0.29, 0.717) is 36.7 Å². The molecule has 0 saturated carbocycles. The number of hydrogen-bond acceptors (Lipinski definition) is 6. The number of carbonyl (C=O) groups is 2. The van der Waals surface area contributed by atoms with Crippen LogP contribution in [-0.2, 0) is 7.05 Å². The molecule has 180 valence electrons. The second-order valence-electron chi connectivity index (χ2n) is 8.48. The van der Waals surface area contributed by atoms with Gasteiger partial charge in [0.2, 0.25) is 5.82 Å². The highest BCUT2D eigenvalue weighted by Crippen LogP contribution is 2.27. The van der Waals surface area contributed by atoms with Gasteiger partial charge in [0.1, 0.15) is 5.82 Å². The van der Waals surface area contributed by atoms with Crippen molar-refractivity contribution in [3.8, 4) is 16.4 Å². The van der Waals surface area contributed by atoms with Crippen LogP contribution in [0.5, 0.6) is 0 Å². The zero-order valence-electron chi connectivity index (χ0n) is 19.1. The summed E-state index contributed by atoms with van der Waals surface area (Å²) in [6, 6.07) is 9.85. The number of piperidine rings is 1. The molecule has 0 aliphatic carbocycles. The van der Waals surface area contributed by atoms with Gasteiger partial charge in [0, 0.05) is 32.9 Å². The molecule has 1 saturated heterocycles. The Morgan fingerprint density at radius 2 is 2.03 bits per heavy atom. The summed E-state index contributed by atoms with van der Waals surface area (Å²) in [6.45, 7) is 1.65. The number of benzene rings is 1. The minimum absolute atomic E-state index is 0.0843. The van der Waals surface area contributed by atoms with Gasteiger partial charge in [0.25, 0.3) is 11.8 Å². The SMILES string of the molecule is Cn1cc(C(=O)NCC2CCN(C(=O)c3nc(-c4cccs4)n(-c4cccc(F)c4)n3)CC2)cn1. The summed E-state index contributed by atoms with van der Waals surface area (Å²) in [5, 5.41) is 13.3. The molecule has 4 aromatic rings. The Bertz CT molecular complexity index is 1340. The first-order chi connectivity index (χ1) is 17.0. The molecular weight excluding hydrogens is 469 g/mol. The van der Waals surface area contributed by atoms with Crippen LogP contribution in [0.25, 0.3) is 16.4 Å². The molecule has 0 radical (unpaired) electrons. The Kier molecular flexibility index (Phi) is 6.41. The van der Waals surface area contributed by atoms with Crippen molar-refractivity contribution in [3.05, 3.63) is 71.4 Å². The lowest BCUT2D eigenvalue weighted by atomic mass is 9.96. The fraction of sp³-hybridized carbons (Fsp3) is 0.292. The molecule has 5 rings (SSSR count). The van der Waals surface area contributed by atoms with Crippen LogP contribution >= 0.6 is 11.3 Å². The number of rotatable bonds is 6. The summed E-state index contributed by atoms with van der Waals surface area (Å²) < 4.78 is 17.0. The summed E-state index contributed by atoms with van der Waals surface area (Å²) in [7, 11) is 1.77. The van der Waals surface area contributed by atoms with E-state index in [2.05, 4.69) is 20.5 Å². The van der Waals surface area contributed by atoms with Gasteiger partial charge in [-0.25, -0.2) is 14.1 Å². The molecule has 0 unspecified atom stereocenters. The van der Waals surface area contributed by atoms with Crippen molar-refractivity contribution >= 4 is 23.2 Å². The van der Waals surface area contributed by atoms with Crippen LogP contribution in [0, 0.1) is 11.7 Å². The molecule has 1 N–H and O–H groups in total. The molecule has 11 heteroatoms. The number of nitrogens with zero attached hydrogens (tertiary/aromatic N) is 6. The van der Waals surface area contributed by atoms with Gasteiger partial charge >= 0.3 is 0 Å². The topological polar surface area (TPSA) is 97.9 Å². The fourth-order valence-corrected chi connectivity index (χ4v) is 4.81. The maximum absolute atomic E-state index is 13.9. The molecule has 4 heterocycles. The molecule has 1 aromatic carbocycles. The summed E-state index contributed by atoms with van der Waals surface area (Å²) >= 11 is 1.48. The monoisotopic (exact) mass is 493 g/mol. The number of hydrogen-bond donors (Lipinski definition) is 1. The molecule has 2 amide bonds. The standard InChI is InChI=1S/C24H24FN7O2S/c1-30-15-17(14-27-30)23(33)26-13-16-7-9-31(10-8-16)24(34)21-28-22(20-6-3-11-35-20)32(29-21)19-5-2-4-18(25)12-19/h2-6,11-12,14-16H,7-10,13H2,1H3,(H,26,33). The molecule has 0 bridgehead atoms. The number of likely N-dealkylation sites (tertiary alicyclic amines) is 1. The van der Waals surface area contributed by atoms with E-state index in [0.717, 1.165) is 17.7 Å². The molecule has 9 nitrogen and oxygen atoms in total. The minimum Gasteiger partial charge on any atom is -0.352 e. The van der Waals surface area contributed by atoms with E-state index < -0.39 is 0 Å². The molecule has 1 aliphatic rings. The molecule has 1 aliphatic heterocycles. The van der Waals surface area contributed by atoms with E-state index in [1.54, 1.807) is 35.0 Å². The predicted molar refractivity (Wildman–Crippen MR) is 129 cm³/mol. The number of aromatic nitrogens is 5. The molecule has 0 atom stereocenters. The lowest BCUT2D eigenvalue weighted by Crippen LogP contribution is -2.42. The number of halogens is 1. The number of amides is 2. The Morgan fingerprint density at radius 3 is 2.71 bits per heavy atom. The van der Waals surface area contributed by atoms with Gasteiger partial charge in [-0.2, -0.15) is 5.10 Å². The van der Waals surface area contributed by atoms with Crippen LogP contribution in [0.3, 0.4) is 0 Å². The van der Waals surface area contributed by atoms with E-state index in [1.807, 2.05) is 17.5 Å². The number of carbonyl (C=O) groups excluding carboxylic acids is 2. The Labute approximate surface area is 205 Å². The Hall–Kier alpha value is -3.86. The molecule has 1 fully saturated rings. The summed E-state index contributed by atoms with van der Waals surface area (Å²) in [4.78, 5) is 32.6. The van der Waals surface area contributed by atoms with Crippen LogP contribution < -0.4 is 5.32 Å².